The number of fused-ring (bicyclic) bond motifs is 1. The van der Waals surface area contributed by atoms with Crippen LogP contribution in [0.1, 0.15) is 12.5 Å². The number of urea groups is 1. The van der Waals surface area contributed by atoms with Crippen LogP contribution in [0.25, 0.3) is 5.69 Å². The number of hydrogen-bond donors (Lipinski definition) is 3. The Morgan fingerprint density at radius 3 is 2.53 bits per heavy atom. The van der Waals surface area contributed by atoms with Crippen molar-refractivity contribution in [3.8, 4) is 5.69 Å². The molecule has 4 atom stereocenters. The zero-order valence-electron chi connectivity index (χ0n) is 18.4. The Morgan fingerprint density at radius 1 is 1.19 bits per heavy atom. The van der Waals surface area contributed by atoms with Crippen molar-refractivity contribution in [3.05, 3.63) is 52.6 Å². The summed E-state index contributed by atoms with van der Waals surface area (Å²) < 4.78 is 1.49. The third-order valence-corrected chi connectivity index (χ3v) is 7.10. The molecule has 170 valence electrons. The van der Waals surface area contributed by atoms with E-state index in [0.717, 1.165) is 38.3 Å². The lowest BCUT2D eigenvalue weighted by atomic mass is 10.1. The fraction of sp³-hybridized carbons (Fsp3) is 0.522. The van der Waals surface area contributed by atoms with E-state index in [1.54, 1.807) is 17.2 Å². The molecule has 9 nitrogen and oxygen atoms in total. The van der Waals surface area contributed by atoms with Crippen LogP contribution in [-0.2, 0) is 6.42 Å². The highest BCUT2D eigenvalue weighted by molar-refractivity contribution is 5.88. The number of anilines is 1. The fourth-order valence-electron chi connectivity index (χ4n) is 4.95. The van der Waals surface area contributed by atoms with Crippen molar-refractivity contribution >= 4 is 11.8 Å². The van der Waals surface area contributed by atoms with Crippen molar-refractivity contribution in [3.63, 3.8) is 0 Å². The van der Waals surface area contributed by atoms with Crippen molar-refractivity contribution in [2.45, 2.75) is 25.4 Å². The van der Waals surface area contributed by atoms with Crippen LogP contribution < -0.4 is 22.1 Å². The van der Waals surface area contributed by atoms with Crippen molar-refractivity contribution in [2.75, 3.05) is 44.6 Å². The Kier molecular flexibility index (Phi) is 5.71. The normalized spacial score (nSPS) is 25.9. The van der Waals surface area contributed by atoms with Gasteiger partial charge in [-0.15, -0.1) is 0 Å². The number of nitrogens with two attached hydrogens (primary N) is 1. The van der Waals surface area contributed by atoms with Crippen molar-refractivity contribution in [1.29, 1.82) is 0 Å². The molecule has 1 aromatic heterocycles. The molecule has 5 rings (SSSR count). The molecule has 1 saturated carbocycles. The monoisotopic (exact) mass is 437 g/mol. The average Bonchev–Trinajstić information content (AvgIpc) is 3.20. The maximum absolute atomic E-state index is 12.6. The van der Waals surface area contributed by atoms with E-state index >= 15 is 0 Å². The second-order valence-electron chi connectivity index (χ2n) is 9.21. The first kappa shape index (κ1) is 21.1. The van der Waals surface area contributed by atoms with Gasteiger partial charge in [-0.2, -0.15) is 4.98 Å². The van der Waals surface area contributed by atoms with E-state index in [1.807, 2.05) is 12.1 Å². The number of piperidine rings is 1. The molecule has 2 amide bonds. The summed E-state index contributed by atoms with van der Waals surface area (Å²) in [6.07, 6.45) is 2.62. The summed E-state index contributed by atoms with van der Waals surface area (Å²) in [7, 11) is 0. The van der Waals surface area contributed by atoms with Gasteiger partial charge in [-0.05, 0) is 48.9 Å². The molecule has 9 heteroatoms. The topological polar surface area (TPSA) is 109 Å². The summed E-state index contributed by atoms with van der Waals surface area (Å²) >= 11 is 0. The predicted molar refractivity (Wildman–Crippen MR) is 123 cm³/mol. The van der Waals surface area contributed by atoms with Crippen LogP contribution in [0.3, 0.4) is 0 Å². The molecule has 4 N–H and O–H groups in total. The first-order chi connectivity index (χ1) is 15.5. The Labute approximate surface area is 187 Å². The first-order valence-corrected chi connectivity index (χ1v) is 11.4. The van der Waals surface area contributed by atoms with Gasteiger partial charge in [0.05, 0.1) is 5.69 Å². The van der Waals surface area contributed by atoms with Crippen LogP contribution in [0.15, 0.2) is 41.3 Å². The molecule has 3 heterocycles. The molecule has 1 aromatic carbocycles. The summed E-state index contributed by atoms with van der Waals surface area (Å²) in [5, 5.41) is 5.92. The minimum Gasteiger partial charge on any atom is -0.327 e. The minimum atomic E-state index is -0.420. The number of carbonyl (C=O) groups is 1. The third kappa shape index (κ3) is 4.28. The van der Waals surface area contributed by atoms with Gasteiger partial charge >= 0.3 is 11.7 Å². The molecule has 0 bridgehead atoms. The Morgan fingerprint density at radius 2 is 1.88 bits per heavy atom. The first-order valence-electron chi connectivity index (χ1n) is 11.4. The summed E-state index contributed by atoms with van der Waals surface area (Å²) in [6, 6.07) is 10.4. The summed E-state index contributed by atoms with van der Waals surface area (Å²) in [5.41, 5.74) is 7.63. The Balaban J connectivity index is 1.20. The zero-order valence-corrected chi connectivity index (χ0v) is 18.4. The smallest absolute Gasteiger partial charge is 0.327 e. The number of piperazine rings is 1. The molecule has 1 aliphatic carbocycles. The van der Waals surface area contributed by atoms with Crippen LogP contribution in [0.5, 0.6) is 0 Å². The lowest BCUT2D eigenvalue weighted by molar-refractivity contribution is 0.204. The fourth-order valence-corrected chi connectivity index (χ4v) is 4.95. The van der Waals surface area contributed by atoms with Gasteiger partial charge in [0, 0.05) is 57.5 Å². The summed E-state index contributed by atoms with van der Waals surface area (Å²) in [5.74, 6) is 1.66. The molecule has 0 spiro atoms. The van der Waals surface area contributed by atoms with Gasteiger partial charge in [0.2, 0.25) is 0 Å². The SMILES string of the molecule is CC(Cc1ccc(-n2ccc(NC(=O)N3CCNCC3)nc2=O)cc1)N1C[C@@H]2C(N)[C@@H]2C1. The van der Waals surface area contributed by atoms with Crippen LogP contribution in [-0.4, -0.2) is 76.7 Å². The van der Waals surface area contributed by atoms with E-state index in [0.29, 0.717) is 37.0 Å². The molecule has 32 heavy (non-hydrogen) atoms. The summed E-state index contributed by atoms with van der Waals surface area (Å²) in [4.78, 5) is 33.2. The molecule has 2 aliphatic heterocycles. The van der Waals surface area contributed by atoms with E-state index in [-0.39, 0.29) is 11.8 Å². The van der Waals surface area contributed by atoms with Gasteiger partial charge in [-0.25, -0.2) is 9.59 Å². The lowest BCUT2D eigenvalue weighted by Crippen LogP contribution is -2.48. The summed E-state index contributed by atoms with van der Waals surface area (Å²) in [6.45, 7) is 7.31. The molecule has 0 radical (unpaired) electrons. The Bertz CT molecular complexity index is 1020. The number of benzene rings is 1. The number of amides is 2. The van der Waals surface area contributed by atoms with Crippen LogP contribution in [0.4, 0.5) is 10.6 Å². The van der Waals surface area contributed by atoms with E-state index < -0.39 is 5.69 Å². The van der Waals surface area contributed by atoms with Gasteiger partial charge < -0.3 is 16.0 Å². The minimum absolute atomic E-state index is 0.230. The van der Waals surface area contributed by atoms with E-state index in [2.05, 4.69) is 39.6 Å². The average molecular weight is 438 g/mol. The van der Waals surface area contributed by atoms with Gasteiger partial charge in [0.25, 0.3) is 0 Å². The van der Waals surface area contributed by atoms with Gasteiger partial charge in [-0.3, -0.25) is 14.8 Å². The highest BCUT2D eigenvalue weighted by Gasteiger charge is 2.54. The van der Waals surface area contributed by atoms with Crippen molar-refractivity contribution in [2.24, 2.45) is 17.6 Å². The quantitative estimate of drug-likeness (QED) is 0.628. The van der Waals surface area contributed by atoms with E-state index in [4.69, 9.17) is 5.73 Å². The van der Waals surface area contributed by atoms with Gasteiger partial charge in [0.1, 0.15) is 5.82 Å². The largest absolute Gasteiger partial charge is 0.354 e. The zero-order chi connectivity index (χ0) is 22.2. The van der Waals surface area contributed by atoms with Crippen LogP contribution >= 0.6 is 0 Å². The molecule has 2 saturated heterocycles. The van der Waals surface area contributed by atoms with Gasteiger partial charge in [-0.1, -0.05) is 12.1 Å². The Hall–Kier alpha value is -2.75. The number of nitrogens with zero attached hydrogens (tertiary/aromatic N) is 4. The second kappa shape index (κ2) is 8.65. The molecule has 2 aromatic rings. The number of hydrogen-bond acceptors (Lipinski definition) is 6. The van der Waals surface area contributed by atoms with Crippen LogP contribution in [0.2, 0.25) is 0 Å². The highest BCUT2D eigenvalue weighted by Crippen LogP contribution is 2.44. The molecule has 3 fully saturated rings. The number of likely N-dealkylation sites (tertiary alicyclic amines) is 1. The van der Waals surface area contributed by atoms with Crippen molar-refractivity contribution < 1.29 is 4.79 Å². The molecular formula is C23H31N7O2. The molecule has 3 aliphatic rings. The number of aromatic nitrogens is 2. The van der Waals surface area contributed by atoms with Crippen LogP contribution in [0, 0.1) is 11.8 Å². The molecule has 2 unspecified atom stereocenters. The lowest BCUT2D eigenvalue weighted by Gasteiger charge is -2.27. The van der Waals surface area contributed by atoms with E-state index in [1.165, 1.54) is 10.1 Å². The number of rotatable bonds is 5. The number of carbonyl (C=O) groups excluding carboxylic acids is 1. The number of nitrogens with one attached hydrogen (secondary N) is 2. The van der Waals surface area contributed by atoms with Crippen molar-refractivity contribution in [1.82, 2.24) is 24.7 Å². The highest BCUT2D eigenvalue weighted by atomic mass is 16.2. The predicted octanol–water partition coefficient (Wildman–Crippen LogP) is 0.490. The van der Waals surface area contributed by atoms with Gasteiger partial charge in [0.15, 0.2) is 0 Å². The maximum Gasteiger partial charge on any atom is 0.354 e. The van der Waals surface area contributed by atoms with E-state index in [9.17, 15) is 9.59 Å². The third-order valence-electron chi connectivity index (χ3n) is 7.10. The maximum atomic E-state index is 12.6. The molecular weight excluding hydrogens is 406 g/mol. The second-order valence-corrected chi connectivity index (χ2v) is 9.21. The standard InChI is InChI=1S/C23H31N7O2/c1-15(29-13-18-19(14-29)21(18)24)12-16-2-4-17(5-3-16)30-9-6-20(27-23(30)32)26-22(31)28-10-7-25-8-11-28/h2-6,9,15,18-19,21,25H,7-8,10-14,24H2,1H3,(H,26,27,31,32)/t15?,18-,19+,21?.